The van der Waals surface area contributed by atoms with Crippen LogP contribution in [0, 0.1) is 0 Å². The molecule has 1 rings (SSSR count). The van der Waals surface area contributed by atoms with Crippen LogP contribution in [-0.2, 0) is 17.7 Å². The maximum absolute atomic E-state index is 5.08. The summed E-state index contributed by atoms with van der Waals surface area (Å²) in [5, 5.41) is 4.59. The van der Waals surface area contributed by atoms with E-state index in [1.54, 1.807) is 7.11 Å². The van der Waals surface area contributed by atoms with Crippen LogP contribution in [0.5, 0.6) is 0 Å². The molecule has 21 heavy (non-hydrogen) atoms. The number of aryl methyl sites for hydroxylation is 1. The second-order valence-corrected chi connectivity index (χ2v) is 6.60. The molecule has 0 spiro atoms. The first-order valence-corrected chi connectivity index (χ1v) is 8.86. The van der Waals surface area contributed by atoms with E-state index in [1.165, 1.54) is 23.4 Å². The molecule has 0 saturated heterocycles. The normalized spacial score (nSPS) is 12.6. The Morgan fingerprint density at radius 1 is 1.33 bits per heavy atom. The summed E-state index contributed by atoms with van der Waals surface area (Å²) in [6.45, 7) is 9.26. The second kappa shape index (κ2) is 10.1. The van der Waals surface area contributed by atoms with Gasteiger partial charge < -0.3 is 15.0 Å². The zero-order valence-electron chi connectivity index (χ0n) is 14.2. The molecule has 0 saturated carbocycles. The number of hydrogen-bond donors (Lipinski definition) is 1. The SMILES string of the molecule is CCCc1nc(N(C)C(C)CCC)sc1CNCCOC. The van der Waals surface area contributed by atoms with Gasteiger partial charge >= 0.3 is 0 Å². The quantitative estimate of drug-likeness (QED) is 0.635. The average molecular weight is 314 g/mol. The summed E-state index contributed by atoms with van der Waals surface area (Å²) in [6.07, 6.45) is 4.63. The molecule has 1 unspecified atom stereocenters. The van der Waals surface area contributed by atoms with E-state index in [4.69, 9.17) is 9.72 Å². The van der Waals surface area contributed by atoms with Crippen molar-refractivity contribution in [1.29, 1.82) is 0 Å². The van der Waals surface area contributed by atoms with Gasteiger partial charge in [-0.1, -0.05) is 26.7 Å². The van der Waals surface area contributed by atoms with Gasteiger partial charge in [-0.2, -0.15) is 0 Å². The van der Waals surface area contributed by atoms with Crippen molar-refractivity contribution in [2.24, 2.45) is 0 Å². The number of anilines is 1. The molecule has 1 aromatic heterocycles. The molecular formula is C16H31N3OS. The molecule has 0 bridgehead atoms. The maximum Gasteiger partial charge on any atom is 0.185 e. The highest BCUT2D eigenvalue weighted by Crippen LogP contribution is 2.28. The average Bonchev–Trinajstić information content (AvgIpc) is 2.86. The van der Waals surface area contributed by atoms with E-state index in [9.17, 15) is 0 Å². The Morgan fingerprint density at radius 3 is 2.71 bits per heavy atom. The molecule has 4 nitrogen and oxygen atoms in total. The fraction of sp³-hybridized carbons (Fsp3) is 0.812. The first-order chi connectivity index (χ1) is 10.1. The zero-order valence-corrected chi connectivity index (χ0v) is 15.1. The highest BCUT2D eigenvalue weighted by Gasteiger charge is 2.16. The minimum atomic E-state index is 0.546. The lowest BCUT2D eigenvalue weighted by Crippen LogP contribution is -2.28. The van der Waals surface area contributed by atoms with Crippen LogP contribution < -0.4 is 10.2 Å². The molecule has 0 aromatic carbocycles. The lowest BCUT2D eigenvalue weighted by molar-refractivity contribution is 0.199. The summed E-state index contributed by atoms with van der Waals surface area (Å²) < 4.78 is 5.08. The van der Waals surface area contributed by atoms with E-state index in [2.05, 4.69) is 38.0 Å². The summed E-state index contributed by atoms with van der Waals surface area (Å²) in [5.41, 5.74) is 1.26. The third-order valence-electron chi connectivity index (χ3n) is 3.69. The highest BCUT2D eigenvalue weighted by molar-refractivity contribution is 7.15. The lowest BCUT2D eigenvalue weighted by atomic mass is 10.2. The first-order valence-electron chi connectivity index (χ1n) is 8.05. The number of hydrogen-bond acceptors (Lipinski definition) is 5. The molecule has 1 aromatic rings. The van der Waals surface area contributed by atoms with Crippen LogP contribution in [-0.4, -0.2) is 38.3 Å². The Bertz CT molecular complexity index is 395. The molecule has 1 N–H and O–H groups in total. The zero-order chi connectivity index (χ0) is 15.7. The maximum atomic E-state index is 5.08. The van der Waals surface area contributed by atoms with Gasteiger partial charge in [-0.3, -0.25) is 0 Å². The van der Waals surface area contributed by atoms with Crippen molar-refractivity contribution in [2.75, 3.05) is 32.2 Å². The van der Waals surface area contributed by atoms with E-state index < -0.39 is 0 Å². The first kappa shape index (κ1) is 18.4. The predicted octanol–water partition coefficient (Wildman–Crippen LogP) is 3.46. The van der Waals surface area contributed by atoms with Gasteiger partial charge in [0.2, 0.25) is 0 Å². The summed E-state index contributed by atoms with van der Waals surface area (Å²) in [6, 6.07) is 0.546. The molecule has 122 valence electrons. The number of nitrogens with one attached hydrogen (secondary N) is 1. The monoisotopic (exact) mass is 313 g/mol. The molecule has 5 heteroatoms. The van der Waals surface area contributed by atoms with Gasteiger partial charge in [0.1, 0.15) is 0 Å². The Balaban J connectivity index is 2.72. The lowest BCUT2D eigenvalue weighted by Gasteiger charge is -2.23. The van der Waals surface area contributed by atoms with Gasteiger partial charge in [0.05, 0.1) is 12.3 Å². The molecule has 0 radical (unpaired) electrons. The van der Waals surface area contributed by atoms with E-state index >= 15 is 0 Å². The molecular weight excluding hydrogens is 282 g/mol. The van der Waals surface area contributed by atoms with E-state index in [0.29, 0.717) is 6.04 Å². The van der Waals surface area contributed by atoms with Crippen LogP contribution in [0.25, 0.3) is 0 Å². The molecule has 0 aliphatic heterocycles. The van der Waals surface area contributed by atoms with Crippen molar-refractivity contribution < 1.29 is 4.74 Å². The molecule has 0 fully saturated rings. The van der Waals surface area contributed by atoms with Crippen LogP contribution in [0.2, 0.25) is 0 Å². The largest absolute Gasteiger partial charge is 0.383 e. The van der Waals surface area contributed by atoms with Crippen molar-refractivity contribution in [3.8, 4) is 0 Å². The van der Waals surface area contributed by atoms with Crippen molar-refractivity contribution >= 4 is 16.5 Å². The molecule has 1 heterocycles. The summed E-state index contributed by atoms with van der Waals surface area (Å²) in [5.74, 6) is 0. The minimum Gasteiger partial charge on any atom is -0.383 e. The Hall–Kier alpha value is -0.650. The Kier molecular flexibility index (Phi) is 8.88. The third-order valence-corrected chi connectivity index (χ3v) is 4.88. The molecule has 0 aliphatic rings. The van der Waals surface area contributed by atoms with E-state index in [1.807, 2.05) is 11.3 Å². The summed E-state index contributed by atoms with van der Waals surface area (Å²) >= 11 is 1.83. The van der Waals surface area contributed by atoms with Crippen molar-refractivity contribution in [3.63, 3.8) is 0 Å². The third kappa shape index (κ3) is 5.93. The van der Waals surface area contributed by atoms with Crippen molar-refractivity contribution in [1.82, 2.24) is 10.3 Å². The summed E-state index contributed by atoms with van der Waals surface area (Å²) in [7, 11) is 3.90. The number of methoxy groups -OCH3 is 1. The van der Waals surface area contributed by atoms with Crippen molar-refractivity contribution in [2.45, 2.75) is 59.0 Å². The predicted molar refractivity (Wildman–Crippen MR) is 92.5 cm³/mol. The van der Waals surface area contributed by atoms with Gasteiger partial charge in [0.25, 0.3) is 0 Å². The number of rotatable bonds is 11. The summed E-state index contributed by atoms with van der Waals surface area (Å²) in [4.78, 5) is 8.57. The van der Waals surface area contributed by atoms with Crippen LogP contribution in [0.15, 0.2) is 0 Å². The Morgan fingerprint density at radius 2 is 2.10 bits per heavy atom. The van der Waals surface area contributed by atoms with E-state index in [-0.39, 0.29) is 0 Å². The van der Waals surface area contributed by atoms with Crippen LogP contribution >= 0.6 is 11.3 Å². The smallest absolute Gasteiger partial charge is 0.185 e. The van der Waals surface area contributed by atoms with Gasteiger partial charge in [-0.25, -0.2) is 4.98 Å². The fourth-order valence-corrected chi connectivity index (χ4v) is 3.41. The highest BCUT2D eigenvalue weighted by atomic mass is 32.1. The number of ether oxygens (including phenoxy) is 1. The number of nitrogens with zero attached hydrogens (tertiary/aromatic N) is 2. The van der Waals surface area contributed by atoms with Gasteiger partial charge in [-0.15, -0.1) is 11.3 Å². The number of aromatic nitrogens is 1. The van der Waals surface area contributed by atoms with Gasteiger partial charge in [0.15, 0.2) is 5.13 Å². The minimum absolute atomic E-state index is 0.546. The second-order valence-electron chi connectivity index (χ2n) is 5.53. The standard InChI is InChI=1S/C16H31N3OS/c1-6-8-13(3)19(4)16-18-14(9-7-2)15(21-16)12-17-10-11-20-5/h13,17H,6-12H2,1-5H3. The molecule has 0 aliphatic carbocycles. The number of thiazole rings is 1. The Labute approximate surface area is 133 Å². The topological polar surface area (TPSA) is 37.4 Å². The van der Waals surface area contributed by atoms with Crippen LogP contribution in [0.1, 0.15) is 50.6 Å². The van der Waals surface area contributed by atoms with Crippen molar-refractivity contribution in [3.05, 3.63) is 10.6 Å². The van der Waals surface area contributed by atoms with Gasteiger partial charge in [0, 0.05) is 38.2 Å². The van der Waals surface area contributed by atoms with Gasteiger partial charge in [-0.05, 0) is 19.8 Å². The fourth-order valence-electron chi connectivity index (χ4n) is 2.27. The molecule has 0 amide bonds. The van der Waals surface area contributed by atoms with Crippen LogP contribution in [0.4, 0.5) is 5.13 Å². The molecule has 1 atom stereocenters. The van der Waals surface area contributed by atoms with E-state index in [0.717, 1.165) is 37.7 Å². The van der Waals surface area contributed by atoms with Crippen LogP contribution in [0.3, 0.4) is 0 Å².